The maximum Gasteiger partial charge on any atom is 0.267 e. The molecule has 0 unspecified atom stereocenters. The van der Waals surface area contributed by atoms with E-state index in [1.54, 1.807) is 6.92 Å². The summed E-state index contributed by atoms with van der Waals surface area (Å²) in [7, 11) is 0. The van der Waals surface area contributed by atoms with Gasteiger partial charge in [-0.15, -0.1) is 11.3 Å². The van der Waals surface area contributed by atoms with Crippen LogP contribution in [0.3, 0.4) is 0 Å². The van der Waals surface area contributed by atoms with Gasteiger partial charge in [0.25, 0.3) is 5.91 Å². The number of likely N-dealkylation sites (tertiary alicyclic amines) is 1. The first kappa shape index (κ1) is 15.6. The third-order valence-corrected chi connectivity index (χ3v) is 5.62. The largest absolute Gasteiger partial charge is 0.492 e. The quantitative estimate of drug-likeness (QED) is 0.839. The Balaban J connectivity index is 1.61. The Morgan fingerprint density at radius 3 is 3.21 bits per heavy atom. The summed E-state index contributed by atoms with van der Waals surface area (Å²) in [4.78, 5) is 19.9. The molecule has 2 atom stereocenters. The molecule has 0 aliphatic carbocycles. The lowest BCUT2D eigenvalue weighted by molar-refractivity contribution is 0.0737. The second-order valence-electron chi connectivity index (χ2n) is 6.25. The van der Waals surface area contributed by atoms with Gasteiger partial charge in [-0.3, -0.25) is 4.79 Å². The van der Waals surface area contributed by atoms with Crippen LogP contribution in [0.15, 0.2) is 16.0 Å². The topological polar surface area (TPSA) is 77.7 Å². The molecule has 4 rings (SSSR count). The van der Waals surface area contributed by atoms with Gasteiger partial charge in [0.2, 0.25) is 5.89 Å². The normalized spacial score (nSPS) is 25.9. The first-order chi connectivity index (χ1) is 11.6. The van der Waals surface area contributed by atoms with Gasteiger partial charge in [0, 0.05) is 19.0 Å². The molecule has 0 saturated carbocycles. The lowest BCUT2D eigenvalue weighted by atomic mass is 9.81. The van der Waals surface area contributed by atoms with Crippen molar-refractivity contribution in [3.63, 3.8) is 0 Å². The minimum absolute atomic E-state index is 0.00142. The monoisotopic (exact) mass is 349 g/mol. The van der Waals surface area contributed by atoms with E-state index in [0.29, 0.717) is 55.3 Å². The molecule has 0 N–H and O–H groups in total. The van der Waals surface area contributed by atoms with Crippen molar-refractivity contribution in [2.24, 2.45) is 5.92 Å². The highest BCUT2D eigenvalue weighted by atomic mass is 32.1. The lowest BCUT2D eigenvalue weighted by Gasteiger charge is -2.22. The van der Waals surface area contributed by atoms with Crippen LogP contribution in [0.5, 0.6) is 5.75 Å². The number of aryl methyl sites for hydroxylation is 1. The van der Waals surface area contributed by atoms with Crippen molar-refractivity contribution in [3.8, 4) is 5.75 Å². The molecule has 1 amide bonds. The highest BCUT2D eigenvalue weighted by Crippen LogP contribution is 2.44. The number of carbonyl (C=O) groups excluding carboxylic acids is 1. The fraction of sp³-hybridized carbons (Fsp3) is 0.562. The third-order valence-electron chi connectivity index (χ3n) is 4.74. The molecule has 0 aromatic carbocycles. The minimum atomic E-state index is -0.389. The van der Waals surface area contributed by atoms with E-state index in [1.165, 1.54) is 11.3 Å². The zero-order chi connectivity index (χ0) is 16.7. The molecule has 7 nitrogen and oxygen atoms in total. The Labute approximate surface area is 143 Å². The fourth-order valence-electron chi connectivity index (χ4n) is 3.56. The molecule has 2 aliphatic rings. The van der Waals surface area contributed by atoms with E-state index in [-0.39, 0.29) is 17.2 Å². The predicted molar refractivity (Wildman–Crippen MR) is 86.4 cm³/mol. The summed E-state index contributed by atoms with van der Waals surface area (Å²) in [5.74, 6) is 2.01. The van der Waals surface area contributed by atoms with Gasteiger partial charge < -0.3 is 18.9 Å². The van der Waals surface area contributed by atoms with Crippen LogP contribution in [-0.2, 0) is 10.2 Å². The number of fused-ring (bicyclic) bond motifs is 1. The number of aromatic nitrogens is 2. The fourth-order valence-corrected chi connectivity index (χ4v) is 4.36. The van der Waals surface area contributed by atoms with E-state index in [0.717, 1.165) is 0 Å². The molecule has 0 bridgehead atoms. The second-order valence-corrected chi connectivity index (χ2v) is 7.16. The standard InChI is InChI=1S/C16H19N3O4S/c1-3-22-12-4-5-24-13(12)14(20)19-6-11-7-21-9-16(11,8-19)15-17-10(2)18-23-15/h4-5,11H,3,6-9H2,1-2H3/t11-,16-/m1/s1. The molecule has 2 aliphatic heterocycles. The summed E-state index contributed by atoms with van der Waals surface area (Å²) in [5, 5.41) is 5.80. The Morgan fingerprint density at radius 1 is 1.58 bits per heavy atom. The van der Waals surface area contributed by atoms with Gasteiger partial charge in [0.15, 0.2) is 5.82 Å². The van der Waals surface area contributed by atoms with Crippen LogP contribution < -0.4 is 4.74 Å². The summed E-state index contributed by atoms with van der Waals surface area (Å²) >= 11 is 1.41. The number of amides is 1. The summed E-state index contributed by atoms with van der Waals surface area (Å²) in [6, 6.07) is 1.85. The number of hydrogen-bond donors (Lipinski definition) is 0. The van der Waals surface area contributed by atoms with E-state index in [9.17, 15) is 4.79 Å². The Hall–Kier alpha value is -1.93. The molecule has 2 aromatic heterocycles. The smallest absolute Gasteiger partial charge is 0.267 e. The molecule has 0 radical (unpaired) electrons. The first-order valence-electron chi connectivity index (χ1n) is 8.02. The zero-order valence-electron chi connectivity index (χ0n) is 13.7. The molecule has 8 heteroatoms. The summed E-state index contributed by atoms with van der Waals surface area (Å²) < 4.78 is 16.7. The van der Waals surface area contributed by atoms with Crippen LogP contribution in [0, 0.1) is 12.8 Å². The molecule has 0 spiro atoms. The number of nitrogens with zero attached hydrogens (tertiary/aromatic N) is 3. The van der Waals surface area contributed by atoms with E-state index < -0.39 is 0 Å². The van der Waals surface area contributed by atoms with Gasteiger partial charge in [-0.05, 0) is 25.3 Å². The number of carbonyl (C=O) groups is 1. The molecular weight excluding hydrogens is 330 g/mol. The van der Waals surface area contributed by atoms with Crippen molar-refractivity contribution in [3.05, 3.63) is 28.0 Å². The average Bonchev–Trinajstić information content (AvgIpc) is 3.28. The van der Waals surface area contributed by atoms with Crippen molar-refractivity contribution < 1.29 is 18.8 Å². The Kier molecular flexibility index (Phi) is 3.80. The summed E-state index contributed by atoms with van der Waals surface area (Å²) in [5.41, 5.74) is -0.389. The number of hydrogen-bond acceptors (Lipinski definition) is 7. The maximum absolute atomic E-state index is 13.0. The van der Waals surface area contributed by atoms with Gasteiger partial charge in [-0.25, -0.2) is 0 Å². The maximum atomic E-state index is 13.0. The zero-order valence-corrected chi connectivity index (χ0v) is 14.5. The number of rotatable bonds is 4. The number of ether oxygens (including phenoxy) is 2. The lowest BCUT2D eigenvalue weighted by Crippen LogP contribution is -2.37. The van der Waals surface area contributed by atoms with Crippen LogP contribution in [-0.4, -0.2) is 53.9 Å². The van der Waals surface area contributed by atoms with Gasteiger partial charge in [-0.1, -0.05) is 5.16 Å². The molecule has 128 valence electrons. The molecule has 2 saturated heterocycles. The highest BCUT2D eigenvalue weighted by Gasteiger charge is 2.56. The van der Waals surface area contributed by atoms with Gasteiger partial charge in [0.05, 0.1) is 25.2 Å². The molecule has 2 fully saturated rings. The van der Waals surface area contributed by atoms with Crippen LogP contribution in [0.25, 0.3) is 0 Å². The summed E-state index contributed by atoms with van der Waals surface area (Å²) in [6.45, 7) is 6.52. The summed E-state index contributed by atoms with van der Waals surface area (Å²) in [6.07, 6.45) is 0. The van der Waals surface area contributed by atoms with Gasteiger partial charge in [-0.2, -0.15) is 4.98 Å². The Morgan fingerprint density at radius 2 is 2.46 bits per heavy atom. The van der Waals surface area contributed by atoms with Crippen LogP contribution in [0.2, 0.25) is 0 Å². The Bertz CT molecular complexity index is 758. The second kappa shape index (κ2) is 5.86. The predicted octanol–water partition coefficient (Wildman–Crippen LogP) is 1.88. The third kappa shape index (κ3) is 2.32. The van der Waals surface area contributed by atoms with E-state index >= 15 is 0 Å². The molecule has 4 heterocycles. The number of thiophene rings is 1. The first-order valence-corrected chi connectivity index (χ1v) is 8.90. The molecule has 2 aromatic rings. The van der Waals surface area contributed by atoms with Crippen molar-refractivity contribution in [2.45, 2.75) is 19.3 Å². The molecule has 24 heavy (non-hydrogen) atoms. The van der Waals surface area contributed by atoms with E-state index in [2.05, 4.69) is 10.1 Å². The van der Waals surface area contributed by atoms with Gasteiger partial charge in [0.1, 0.15) is 10.6 Å². The van der Waals surface area contributed by atoms with Crippen molar-refractivity contribution in [1.29, 1.82) is 0 Å². The van der Waals surface area contributed by atoms with E-state index in [4.69, 9.17) is 14.0 Å². The van der Waals surface area contributed by atoms with E-state index in [1.807, 2.05) is 23.3 Å². The van der Waals surface area contributed by atoms with Gasteiger partial charge >= 0.3 is 0 Å². The highest BCUT2D eigenvalue weighted by molar-refractivity contribution is 7.12. The van der Waals surface area contributed by atoms with Crippen LogP contribution >= 0.6 is 11.3 Å². The molecular formula is C16H19N3O4S. The van der Waals surface area contributed by atoms with Crippen molar-refractivity contribution in [2.75, 3.05) is 32.9 Å². The SMILES string of the molecule is CCOc1ccsc1C(=O)N1C[C@@H]2COC[C@]2(c2nc(C)no2)C1. The van der Waals surface area contributed by atoms with Crippen molar-refractivity contribution in [1.82, 2.24) is 15.0 Å². The minimum Gasteiger partial charge on any atom is -0.492 e. The van der Waals surface area contributed by atoms with Crippen LogP contribution in [0.1, 0.15) is 28.3 Å². The average molecular weight is 349 g/mol. The van der Waals surface area contributed by atoms with Crippen molar-refractivity contribution >= 4 is 17.2 Å². The van der Waals surface area contributed by atoms with Crippen LogP contribution in [0.4, 0.5) is 0 Å².